The molecule has 2 rings (SSSR count). The molecule has 0 amide bonds. The van der Waals surface area contributed by atoms with Crippen molar-refractivity contribution in [2.24, 2.45) is 5.92 Å². The predicted octanol–water partition coefficient (Wildman–Crippen LogP) is 3.09. The lowest BCUT2D eigenvalue weighted by atomic mass is 9.83. The van der Waals surface area contributed by atoms with Gasteiger partial charge in [0, 0.05) is 18.3 Å². The third-order valence-electron chi connectivity index (χ3n) is 4.18. The van der Waals surface area contributed by atoms with Crippen LogP contribution < -0.4 is 5.32 Å². The minimum atomic E-state index is -0.0725. The molecule has 20 heavy (non-hydrogen) atoms. The highest BCUT2D eigenvalue weighted by Gasteiger charge is 2.22. The minimum Gasteiger partial charge on any atom is -0.393 e. The number of aromatic nitrogens is 2. The van der Waals surface area contributed by atoms with Gasteiger partial charge in [0.25, 0.3) is 0 Å². The Morgan fingerprint density at radius 2 is 2.10 bits per heavy atom. The first-order valence-electron chi connectivity index (χ1n) is 7.95. The topological polar surface area (TPSA) is 58.0 Å². The summed E-state index contributed by atoms with van der Waals surface area (Å²) in [5, 5.41) is 13.3. The van der Waals surface area contributed by atoms with Crippen LogP contribution in [0.2, 0.25) is 0 Å². The molecule has 0 aromatic carbocycles. The van der Waals surface area contributed by atoms with Crippen LogP contribution in [0, 0.1) is 12.8 Å². The third-order valence-corrected chi connectivity index (χ3v) is 4.18. The summed E-state index contributed by atoms with van der Waals surface area (Å²) in [6.07, 6.45) is 7.71. The molecular weight excluding hydrogens is 250 g/mol. The molecule has 4 nitrogen and oxygen atoms in total. The fraction of sp³-hybridized carbons (Fsp3) is 0.750. The molecule has 2 unspecified atom stereocenters. The molecular formula is C16H27N3O. The lowest BCUT2D eigenvalue weighted by Gasteiger charge is -2.27. The zero-order valence-electron chi connectivity index (χ0n) is 12.7. The van der Waals surface area contributed by atoms with Gasteiger partial charge in [0.1, 0.15) is 11.6 Å². The van der Waals surface area contributed by atoms with Crippen LogP contribution in [0.15, 0.2) is 6.07 Å². The molecule has 4 heteroatoms. The molecule has 1 fully saturated rings. The van der Waals surface area contributed by atoms with Crippen molar-refractivity contribution in [3.05, 3.63) is 17.6 Å². The fourth-order valence-electron chi connectivity index (χ4n) is 3.01. The highest BCUT2D eigenvalue weighted by atomic mass is 16.3. The number of rotatable bonds is 6. The van der Waals surface area contributed by atoms with Gasteiger partial charge in [-0.15, -0.1) is 0 Å². The second-order valence-electron chi connectivity index (χ2n) is 5.83. The highest BCUT2D eigenvalue weighted by molar-refractivity contribution is 5.35. The van der Waals surface area contributed by atoms with E-state index in [2.05, 4.69) is 22.2 Å². The predicted molar refractivity (Wildman–Crippen MR) is 81.8 cm³/mol. The van der Waals surface area contributed by atoms with Gasteiger partial charge in [-0.2, -0.15) is 0 Å². The lowest BCUT2D eigenvalue weighted by molar-refractivity contribution is 0.0648. The van der Waals surface area contributed by atoms with Crippen LogP contribution in [0.3, 0.4) is 0 Å². The van der Waals surface area contributed by atoms with Crippen molar-refractivity contribution in [2.45, 2.75) is 64.9 Å². The summed E-state index contributed by atoms with van der Waals surface area (Å²) in [5.41, 5.74) is 1.09. The van der Waals surface area contributed by atoms with E-state index in [4.69, 9.17) is 0 Å². The highest BCUT2D eigenvalue weighted by Crippen LogP contribution is 2.27. The Bertz CT molecular complexity index is 422. The third kappa shape index (κ3) is 4.44. The van der Waals surface area contributed by atoms with E-state index >= 15 is 0 Å². The molecule has 1 aromatic rings. The largest absolute Gasteiger partial charge is 0.393 e. The van der Waals surface area contributed by atoms with E-state index in [-0.39, 0.29) is 6.10 Å². The van der Waals surface area contributed by atoms with Crippen LogP contribution >= 0.6 is 0 Å². The fourth-order valence-corrected chi connectivity index (χ4v) is 3.01. The van der Waals surface area contributed by atoms with E-state index in [9.17, 15) is 5.11 Å². The smallest absolute Gasteiger partial charge is 0.129 e. The standard InChI is InChI=1S/C16H27N3O/c1-3-14-11-16(19-12(2)18-14)17-10-6-8-13-7-4-5-9-15(13)20/h11,13,15,20H,3-10H2,1-2H3,(H,17,18,19). The Morgan fingerprint density at radius 1 is 1.30 bits per heavy atom. The maximum atomic E-state index is 9.95. The monoisotopic (exact) mass is 277 g/mol. The van der Waals surface area contributed by atoms with Gasteiger partial charge in [-0.25, -0.2) is 9.97 Å². The summed E-state index contributed by atoms with van der Waals surface area (Å²) in [6.45, 7) is 4.96. The van der Waals surface area contributed by atoms with Gasteiger partial charge in [0.2, 0.25) is 0 Å². The molecule has 0 bridgehead atoms. The number of aryl methyl sites for hydroxylation is 2. The van der Waals surface area contributed by atoms with Gasteiger partial charge in [-0.05, 0) is 44.9 Å². The van der Waals surface area contributed by atoms with Crippen molar-refractivity contribution in [2.75, 3.05) is 11.9 Å². The molecule has 1 aliphatic carbocycles. The van der Waals surface area contributed by atoms with Crippen LogP contribution in [-0.2, 0) is 6.42 Å². The average Bonchev–Trinajstić information content (AvgIpc) is 2.44. The molecule has 2 N–H and O–H groups in total. The first-order valence-corrected chi connectivity index (χ1v) is 7.95. The van der Waals surface area contributed by atoms with E-state index in [1.54, 1.807) is 0 Å². The van der Waals surface area contributed by atoms with Crippen molar-refractivity contribution in [3.8, 4) is 0 Å². The average molecular weight is 277 g/mol. The second-order valence-corrected chi connectivity index (χ2v) is 5.83. The molecule has 0 radical (unpaired) electrons. The lowest BCUT2D eigenvalue weighted by Crippen LogP contribution is -2.24. The van der Waals surface area contributed by atoms with Gasteiger partial charge in [-0.1, -0.05) is 19.8 Å². The molecule has 2 atom stereocenters. The number of aliphatic hydroxyl groups is 1. The van der Waals surface area contributed by atoms with E-state index in [1.165, 1.54) is 19.3 Å². The molecule has 1 aromatic heterocycles. The van der Waals surface area contributed by atoms with Crippen molar-refractivity contribution in [3.63, 3.8) is 0 Å². The van der Waals surface area contributed by atoms with Gasteiger partial charge < -0.3 is 10.4 Å². The van der Waals surface area contributed by atoms with Gasteiger partial charge in [-0.3, -0.25) is 0 Å². The summed E-state index contributed by atoms with van der Waals surface area (Å²) in [4.78, 5) is 8.79. The van der Waals surface area contributed by atoms with E-state index in [0.29, 0.717) is 5.92 Å². The first kappa shape index (κ1) is 15.2. The summed E-state index contributed by atoms with van der Waals surface area (Å²) < 4.78 is 0. The molecule has 0 saturated heterocycles. The number of nitrogens with zero attached hydrogens (tertiary/aromatic N) is 2. The number of aliphatic hydroxyl groups excluding tert-OH is 1. The van der Waals surface area contributed by atoms with Gasteiger partial charge in [0.05, 0.1) is 6.10 Å². The maximum Gasteiger partial charge on any atom is 0.129 e. The van der Waals surface area contributed by atoms with E-state index in [1.807, 2.05) is 13.0 Å². The number of nitrogens with one attached hydrogen (secondary N) is 1. The Morgan fingerprint density at radius 3 is 2.85 bits per heavy atom. The maximum absolute atomic E-state index is 9.95. The summed E-state index contributed by atoms with van der Waals surface area (Å²) >= 11 is 0. The molecule has 0 spiro atoms. The zero-order chi connectivity index (χ0) is 14.4. The van der Waals surface area contributed by atoms with Gasteiger partial charge in [0.15, 0.2) is 0 Å². The van der Waals surface area contributed by atoms with Crippen molar-refractivity contribution in [1.82, 2.24) is 9.97 Å². The summed E-state index contributed by atoms with van der Waals surface area (Å²) in [7, 11) is 0. The van der Waals surface area contributed by atoms with Gasteiger partial charge >= 0.3 is 0 Å². The van der Waals surface area contributed by atoms with Crippen molar-refractivity contribution in [1.29, 1.82) is 0 Å². The molecule has 1 aliphatic rings. The van der Waals surface area contributed by atoms with Crippen LogP contribution in [0.25, 0.3) is 0 Å². The molecule has 112 valence electrons. The number of hydrogen-bond acceptors (Lipinski definition) is 4. The first-order chi connectivity index (χ1) is 9.69. The Kier molecular flexibility index (Phi) is 5.77. The Balaban J connectivity index is 1.74. The van der Waals surface area contributed by atoms with Crippen molar-refractivity contribution >= 4 is 5.82 Å². The second kappa shape index (κ2) is 7.58. The summed E-state index contributed by atoms with van der Waals surface area (Å²) in [5.74, 6) is 2.26. The number of hydrogen-bond donors (Lipinski definition) is 2. The summed E-state index contributed by atoms with van der Waals surface area (Å²) in [6, 6.07) is 2.03. The number of anilines is 1. The Labute approximate surface area is 122 Å². The molecule has 1 saturated carbocycles. The van der Waals surface area contributed by atoms with Crippen LogP contribution in [-0.4, -0.2) is 27.7 Å². The SMILES string of the molecule is CCc1cc(NCCCC2CCCCC2O)nc(C)n1. The van der Waals surface area contributed by atoms with Crippen LogP contribution in [0.1, 0.15) is 57.0 Å². The van der Waals surface area contributed by atoms with Crippen LogP contribution in [0.4, 0.5) is 5.82 Å². The minimum absolute atomic E-state index is 0.0725. The van der Waals surface area contributed by atoms with E-state index in [0.717, 1.165) is 49.6 Å². The van der Waals surface area contributed by atoms with Crippen LogP contribution in [0.5, 0.6) is 0 Å². The molecule has 1 heterocycles. The molecule has 0 aliphatic heterocycles. The van der Waals surface area contributed by atoms with Crippen molar-refractivity contribution < 1.29 is 5.11 Å². The Hall–Kier alpha value is -1.16. The quantitative estimate of drug-likeness (QED) is 0.785. The zero-order valence-corrected chi connectivity index (χ0v) is 12.7. The normalized spacial score (nSPS) is 22.8. The van der Waals surface area contributed by atoms with E-state index < -0.39 is 0 Å².